The molecule has 0 radical (unpaired) electrons. The number of aryl methyl sites for hydroxylation is 3. The number of anilines is 2. The Morgan fingerprint density at radius 3 is 2.27 bits per heavy atom. The van der Waals surface area contributed by atoms with E-state index in [0.29, 0.717) is 5.56 Å². The first kappa shape index (κ1) is 19.6. The Kier molecular flexibility index (Phi) is 4.31. The average molecular weight is 432 g/mol. The highest BCUT2D eigenvalue weighted by atomic mass is 16.2. The summed E-state index contributed by atoms with van der Waals surface area (Å²) in [7, 11) is 2.10. The third kappa shape index (κ3) is 3.02. The van der Waals surface area contributed by atoms with Crippen molar-refractivity contribution in [1.82, 2.24) is 4.57 Å². The van der Waals surface area contributed by atoms with Crippen molar-refractivity contribution in [3.8, 4) is 0 Å². The van der Waals surface area contributed by atoms with Crippen LogP contribution in [0, 0.1) is 13.8 Å². The highest BCUT2D eigenvalue weighted by molar-refractivity contribution is 6.13. The highest BCUT2D eigenvalue weighted by Crippen LogP contribution is 2.39. The number of para-hydroxylation sites is 2. The number of hydrogen-bond donors (Lipinski definition) is 1. The van der Waals surface area contributed by atoms with Gasteiger partial charge in [0.05, 0.1) is 5.56 Å². The predicted octanol–water partition coefficient (Wildman–Crippen LogP) is 6.72. The van der Waals surface area contributed by atoms with Crippen LogP contribution in [0.2, 0.25) is 0 Å². The first-order valence-corrected chi connectivity index (χ1v) is 11.3. The number of nitrogens with zero attached hydrogens (tertiary/aromatic N) is 2. The molecule has 1 atom stereocenters. The molecule has 1 aromatic heterocycles. The van der Waals surface area contributed by atoms with Crippen LogP contribution in [0.25, 0.3) is 21.8 Å². The van der Waals surface area contributed by atoms with Crippen molar-refractivity contribution in [3.63, 3.8) is 0 Å². The van der Waals surface area contributed by atoms with Crippen LogP contribution in [-0.4, -0.2) is 10.5 Å². The van der Waals surface area contributed by atoms with Gasteiger partial charge < -0.3 is 9.88 Å². The van der Waals surface area contributed by atoms with Gasteiger partial charge in [-0.25, -0.2) is 0 Å². The standard InChI is InChI=1S/C29H25N3O/c1-18-14-19(2)16-21(15-18)32-28(30-25-10-6-4-9-23(25)29(32)33)20-12-13-27-24(17-20)22-8-5-7-11-26(22)31(27)3/h4-17,28,30H,1-3H3. The van der Waals surface area contributed by atoms with Gasteiger partial charge in [0.25, 0.3) is 5.91 Å². The minimum atomic E-state index is -0.308. The maximum Gasteiger partial charge on any atom is 0.262 e. The molecule has 0 aliphatic carbocycles. The van der Waals surface area contributed by atoms with Gasteiger partial charge in [-0.3, -0.25) is 9.69 Å². The Hall–Kier alpha value is -4.05. The second-order valence-corrected chi connectivity index (χ2v) is 8.97. The molecule has 0 saturated heterocycles. The minimum Gasteiger partial charge on any atom is -0.360 e. The van der Waals surface area contributed by atoms with Crippen LogP contribution >= 0.6 is 0 Å². The molecule has 0 fully saturated rings. The summed E-state index contributed by atoms with van der Waals surface area (Å²) in [6, 6.07) is 29.1. The number of rotatable bonds is 2. The van der Waals surface area contributed by atoms with Crippen LogP contribution in [0.15, 0.2) is 84.9 Å². The number of hydrogen-bond acceptors (Lipinski definition) is 2. The topological polar surface area (TPSA) is 37.3 Å². The summed E-state index contributed by atoms with van der Waals surface area (Å²) in [5, 5.41) is 6.06. The van der Waals surface area contributed by atoms with Crippen molar-refractivity contribution in [3.05, 3.63) is 107 Å². The lowest BCUT2D eigenvalue weighted by molar-refractivity contribution is 0.0975. The second-order valence-electron chi connectivity index (χ2n) is 8.97. The Labute approximate surface area is 193 Å². The second kappa shape index (κ2) is 7.24. The summed E-state index contributed by atoms with van der Waals surface area (Å²) >= 11 is 0. The molecule has 0 spiro atoms. The van der Waals surface area contributed by atoms with E-state index in [-0.39, 0.29) is 12.1 Å². The van der Waals surface area contributed by atoms with Crippen molar-refractivity contribution in [1.29, 1.82) is 0 Å². The molecule has 4 aromatic carbocycles. The summed E-state index contributed by atoms with van der Waals surface area (Å²) < 4.78 is 2.23. The van der Waals surface area contributed by atoms with Crippen LogP contribution in [0.3, 0.4) is 0 Å². The molecule has 2 heterocycles. The molecule has 33 heavy (non-hydrogen) atoms. The maximum atomic E-state index is 13.8. The Morgan fingerprint density at radius 2 is 1.45 bits per heavy atom. The summed E-state index contributed by atoms with van der Waals surface area (Å²) in [6.07, 6.45) is -0.308. The van der Waals surface area contributed by atoms with E-state index in [2.05, 4.69) is 91.4 Å². The average Bonchev–Trinajstić information content (AvgIpc) is 3.10. The third-order valence-corrected chi connectivity index (χ3v) is 6.66. The van der Waals surface area contributed by atoms with Gasteiger partial charge >= 0.3 is 0 Å². The Morgan fingerprint density at radius 1 is 0.758 bits per heavy atom. The van der Waals surface area contributed by atoms with E-state index in [9.17, 15) is 4.79 Å². The monoisotopic (exact) mass is 431 g/mol. The van der Waals surface area contributed by atoms with Crippen LogP contribution in [0.5, 0.6) is 0 Å². The zero-order valence-corrected chi connectivity index (χ0v) is 19.0. The van der Waals surface area contributed by atoms with Crippen LogP contribution in [-0.2, 0) is 7.05 Å². The van der Waals surface area contributed by atoms with Gasteiger partial charge in [0.15, 0.2) is 0 Å². The Balaban J connectivity index is 1.58. The first-order chi connectivity index (χ1) is 16.0. The van der Waals surface area contributed by atoms with Gasteiger partial charge in [0, 0.05) is 40.2 Å². The lowest BCUT2D eigenvalue weighted by Gasteiger charge is -2.38. The van der Waals surface area contributed by atoms with E-state index in [1.807, 2.05) is 29.2 Å². The molecule has 4 heteroatoms. The fourth-order valence-electron chi connectivity index (χ4n) is 5.20. The molecule has 5 aromatic rings. The molecular weight excluding hydrogens is 406 g/mol. The number of carbonyl (C=O) groups is 1. The van der Waals surface area contributed by atoms with Crippen molar-refractivity contribution in [2.24, 2.45) is 7.05 Å². The van der Waals surface area contributed by atoms with E-state index >= 15 is 0 Å². The molecule has 0 saturated carbocycles. The highest BCUT2D eigenvalue weighted by Gasteiger charge is 2.34. The van der Waals surface area contributed by atoms with Gasteiger partial charge in [-0.2, -0.15) is 0 Å². The SMILES string of the molecule is Cc1cc(C)cc(N2C(=O)c3ccccc3NC2c2ccc3c(c2)c2ccccc2n3C)c1. The van der Waals surface area contributed by atoms with Crippen LogP contribution < -0.4 is 10.2 Å². The molecule has 1 aliphatic heterocycles. The van der Waals surface area contributed by atoms with E-state index in [1.54, 1.807) is 0 Å². The number of carbonyl (C=O) groups excluding carboxylic acids is 1. The normalized spacial score (nSPS) is 15.7. The van der Waals surface area contributed by atoms with Crippen molar-refractivity contribution in [2.45, 2.75) is 20.0 Å². The largest absolute Gasteiger partial charge is 0.360 e. The molecule has 1 amide bonds. The summed E-state index contributed by atoms with van der Waals surface area (Å²) in [5.74, 6) is 0.0115. The van der Waals surface area contributed by atoms with E-state index in [4.69, 9.17) is 0 Å². The molecule has 4 nitrogen and oxygen atoms in total. The number of amides is 1. The molecular formula is C29H25N3O. The van der Waals surface area contributed by atoms with Crippen LogP contribution in [0.4, 0.5) is 11.4 Å². The first-order valence-electron chi connectivity index (χ1n) is 11.3. The lowest BCUT2D eigenvalue weighted by Crippen LogP contribution is -2.43. The van der Waals surface area contributed by atoms with E-state index < -0.39 is 0 Å². The third-order valence-electron chi connectivity index (χ3n) is 6.66. The molecule has 1 N–H and O–H groups in total. The zero-order chi connectivity index (χ0) is 22.7. The molecule has 6 rings (SSSR count). The number of fused-ring (bicyclic) bond motifs is 4. The zero-order valence-electron chi connectivity index (χ0n) is 19.0. The van der Waals surface area contributed by atoms with Gasteiger partial charge in [0.2, 0.25) is 0 Å². The number of benzene rings is 4. The lowest BCUT2D eigenvalue weighted by atomic mass is 10.00. The quantitative estimate of drug-likeness (QED) is 0.337. The van der Waals surface area contributed by atoms with Crippen molar-refractivity contribution >= 4 is 39.1 Å². The smallest absolute Gasteiger partial charge is 0.262 e. The molecule has 162 valence electrons. The van der Waals surface area contributed by atoms with Gasteiger partial charge in [-0.1, -0.05) is 42.5 Å². The fraction of sp³-hybridized carbons (Fsp3) is 0.138. The maximum absolute atomic E-state index is 13.8. The van der Waals surface area contributed by atoms with E-state index in [0.717, 1.165) is 28.1 Å². The van der Waals surface area contributed by atoms with Gasteiger partial charge in [-0.05, 0) is 73.0 Å². The van der Waals surface area contributed by atoms with Crippen molar-refractivity contribution in [2.75, 3.05) is 10.2 Å². The van der Waals surface area contributed by atoms with E-state index in [1.165, 1.54) is 21.8 Å². The van der Waals surface area contributed by atoms with Gasteiger partial charge in [0.1, 0.15) is 6.17 Å². The molecule has 1 aliphatic rings. The number of aromatic nitrogens is 1. The fourth-order valence-corrected chi connectivity index (χ4v) is 5.20. The minimum absolute atomic E-state index is 0.0115. The molecule has 1 unspecified atom stereocenters. The summed E-state index contributed by atoms with van der Waals surface area (Å²) in [5.41, 5.74) is 8.18. The molecule has 0 bridgehead atoms. The van der Waals surface area contributed by atoms with Crippen LogP contribution in [0.1, 0.15) is 33.2 Å². The Bertz CT molecular complexity index is 1540. The van der Waals surface area contributed by atoms with Crippen molar-refractivity contribution < 1.29 is 4.79 Å². The predicted molar refractivity (Wildman–Crippen MR) is 136 cm³/mol. The summed E-state index contributed by atoms with van der Waals surface area (Å²) in [6.45, 7) is 4.15. The van der Waals surface area contributed by atoms with Gasteiger partial charge in [-0.15, -0.1) is 0 Å². The number of nitrogens with one attached hydrogen (secondary N) is 1. The summed E-state index contributed by atoms with van der Waals surface area (Å²) in [4.78, 5) is 15.7.